The monoisotopic (exact) mass is 356 g/mol. The zero-order valence-electron chi connectivity index (χ0n) is 13.4. The number of rotatable bonds is 5. The molecular weight excluding hydrogens is 337 g/mol. The fourth-order valence-electron chi connectivity index (χ4n) is 2.02. The lowest BCUT2D eigenvalue weighted by molar-refractivity contribution is -0.137. The lowest BCUT2D eigenvalue weighted by atomic mass is 10.1. The Bertz CT molecular complexity index is 695. The van der Waals surface area contributed by atoms with Gasteiger partial charge < -0.3 is 10.6 Å². The molecule has 1 aromatic heterocycles. The number of aryl methyl sites for hydroxylation is 1. The highest BCUT2D eigenvalue weighted by Gasteiger charge is 2.30. The number of guanidine groups is 1. The van der Waals surface area contributed by atoms with E-state index < -0.39 is 11.7 Å². The van der Waals surface area contributed by atoms with E-state index in [1.165, 1.54) is 6.07 Å². The van der Waals surface area contributed by atoms with Crippen LogP contribution in [0.5, 0.6) is 0 Å². The minimum absolute atomic E-state index is 0.168. The third-order valence-electron chi connectivity index (χ3n) is 3.28. The van der Waals surface area contributed by atoms with Crippen LogP contribution in [0.1, 0.15) is 28.6 Å². The zero-order valence-corrected chi connectivity index (χ0v) is 14.3. The third kappa shape index (κ3) is 5.23. The predicted octanol–water partition coefficient (Wildman–Crippen LogP) is 3.73. The number of nitrogens with zero attached hydrogens (tertiary/aromatic N) is 2. The van der Waals surface area contributed by atoms with Gasteiger partial charge in [-0.1, -0.05) is 12.1 Å². The third-order valence-corrected chi connectivity index (χ3v) is 4.21. The molecule has 0 radical (unpaired) electrons. The van der Waals surface area contributed by atoms with Crippen molar-refractivity contribution in [1.82, 2.24) is 15.6 Å². The Morgan fingerprint density at radius 3 is 2.71 bits per heavy atom. The molecule has 0 spiro atoms. The zero-order chi connectivity index (χ0) is 17.6. The van der Waals surface area contributed by atoms with E-state index in [0.29, 0.717) is 24.6 Å². The fourth-order valence-corrected chi connectivity index (χ4v) is 2.73. The highest BCUT2D eigenvalue weighted by Crippen LogP contribution is 2.29. The number of nitrogens with one attached hydrogen (secondary N) is 2. The van der Waals surface area contributed by atoms with Crippen LogP contribution in [0.15, 0.2) is 34.8 Å². The highest BCUT2D eigenvalue weighted by molar-refractivity contribution is 7.09. The van der Waals surface area contributed by atoms with Gasteiger partial charge in [-0.25, -0.2) is 9.98 Å². The molecule has 4 nitrogen and oxygen atoms in total. The van der Waals surface area contributed by atoms with E-state index in [-0.39, 0.29) is 6.54 Å². The smallest absolute Gasteiger partial charge is 0.357 e. The molecule has 2 aromatic rings. The summed E-state index contributed by atoms with van der Waals surface area (Å²) in [5.41, 5.74) is 2.59. The molecule has 0 unspecified atom stereocenters. The van der Waals surface area contributed by atoms with Gasteiger partial charge in [0, 0.05) is 11.4 Å². The van der Waals surface area contributed by atoms with Gasteiger partial charge in [0.25, 0.3) is 0 Å². The van der Waals surface area contributed by atoms with Crippen LogP contribution in [-0.2, 0) is 19.3 Å². The molecule has 0 amide bonds. The first-order valence-corrected chi connectivity index (χ1v) is 8.35. The second kappa shape index (κ2) is 8.14. The van der Waals surface area contributed by atoms with E-state index in [0.717, 1.165) is 22.7 Å². The predicted molar refractivity (Wildman–Crippen MR) is 90.0 cm³/mol. The van der Waals surface area contributed by atoms with Gasteiger partial charge in [0.2, 0.25) is 0 Å². The molecule has 0 atom stereocenters. The van der Waals surface area contributed by atoms with Gasteiger partial charge in [-0.3, -0.25) is 0 Å². The summed E-state index contributed by atoms with van der Waals surface area (Å²) < 4.78 is 38.2. The Hall–Kier alpha value is -2.09. The molecule has 0 saturated heterocycles. The van der Waals surface area contributed by atoms with Crippen molar-refractivity contribution in [2.24, 2.45) is 4.99 Å². The number of benzene rings is 1. The van der Waals surface area contributed by atoms with Crippen molar-refractivity contribution >= 4 is 17.3 Å². The summed E-state index contributed by atoms with van der Waals surface area (Å²) >= 11 is 1.55. The summed E-state index contributed by atoms with van der Waals surface area (Å²) in [5.74, 6) is 0.558. The Balaban J connectivity index is 2.04. The molecule has 0 aliphatic heterocycles. The SMILES string of the molecule is CCNC(=NCc1cccc(C(F)(F)F)c1)NCc1scnc1C. The highest BCUT2D eigenvalue weighted by atomic mass is 32.1. The van der Waals surface area contributed by atoms with Gasteiger partial charge in [-0.05, 0) is 31.5 Å². The Morgan fingerprint density at radius 2 is 2.08 bits per heavy atom. The molecule has 2 N–H and O–H groups in total. The minimum Gasteiger partial charge on any atom is -0.357 e. The first-order chi connectivity index (χ1) is 11.4. The average Bonchev–Trinajstić information content (AvgIpc) is 2.95. The van der Waals surface area contributed by atoms with E-state index >= 15 is 0 Å². The van der Waals surface area contributed by atoms with Gasteiger partial charge in [0.1, 0.15) is 0 Å². The number of halogens is 3. The van der Waals surface area contributed by atoms with Gasteiger partial charge >= 0.3 is 6.18 Å². The van der Waals surface area contributed by atoms with Crippen molar-refractivity contribution in [3.8, 4) is 0 Å². The van der Waals surface area contributed by atoms with Gasteiger partial charge in [0.15, 0.2) is 5.96 Å². The van der Waals surface area contributed by atoms with Crippen molar-refractivity contribution < 1.29 is 13.2 Å². The Morgan fingerprint density at radius 1 is 1.29 bits per heavy atom. The molecule has 130 valence electrons. The van der Waals surface area contributed by atoms with Crippen LogP contribution in [0.25, 0.3) is 0 Å². The number of alkyl halides is 3. The Kier molecular flexibility index (Phi) is 6.19. The maximum absolute atomic E-state index is 12.7. The van der Waals surface area contributed by atoms with Crippen LogP contribution < -0.4 is 10.6 Å². The minimum atomic E-state index is -4.34. The maximum atomic E-state index is 12.7. The number of aliphatic imine (C=N–C) groups is 1. The first kappa shape index (κ1) is 18.3. The molecule has 1 heterocycles. The molecule has 0 saturated carbocycles. The lowest BCUT2D eigenvalue weighted by Crippen LogP contribution is -2.36. The first-order valence-electron chi connectivity index (χ1n) is 7.47. The lowest BCUT2D eigenvalue weighted by Gasteiger charge is -2.11. The summed E-state index contributed by atoms with van der Waals surface area (Å²) in [6.45, 7) is 5.27. The standard InChI is InChI=1S/C16H19F3N4S/c1-3-20-15(22-9-14-11(2)23-10-24-14)21-8-12-5-4-6-13(7-12)16(17,18)19/h4-7,10H,3,8-9H2,1-2H3,(H2,20,21,22). The van der Waals surface area contributed by atoms with E-state index in [1.807, 2.05) is 13.8 Å². The average molecular weight is 356 g/mol. The van der Waals surface area contributed by atoms with Crippen LogP contribution >= 0.6 is 11.3 Å². The molecule has 0 aliphatic rings. The number of hydrogen-bond donors (Lipinski definition) is 2. The van der Waals surface area contributed by atoms with Crippen molar-refractivity contribution in [3.63, 3.8) is 0 Å². The Labute approximate surface area is 142 Å². The van der Waals surface area contributed by atoms with Crippen molar-refractivity contribution in [3.05, 3.63) is 51.5 Å². The molecule has 0 aliphatic carbocycles. The number of thiazole rings is 1. The van der Waals surface area contributed by atoms with Crippen LogP contribution in [0, 0.1) is 6.92 Å². The van der Waals surface area contributed by atoms with Crippen molar-refractivity contribution in [2.75, 3.05) is 6.54 Å². The summed E-state index contributed by atoms with van der Waals surface area (Å²) in [5, 5.41) is 6.25. The summed E-state index contributed by atoms with van der Waals surface area (Å²) in [7, 11) is 0. The molecule has 1 aromatic carbocycles. The van der Waals surface area contributed by atoms with E-state index in [1.54, 1.807) is 22.9 Å². The number of aromatic nitrogens is 1. The van der Waals surface area contributed by atoms with Crippen molar-refractivity contribution in [2.45, 2.75) is 33.1 Å². The van der Waals surface area contributed by atoms with Crippen LogP contribution in [0.2, 0.25) is 0 Å². The van der Waals surface area contributed by atoms with Crippen LogP contribution in [0.3, 0.4) is 0 Å². The van der Waals surface area contributed by atoms with Gasteiger partial charge in [-0.15, -0.1) is 11.3 Å². The molecule has 2 rings (SSSR count). The molecule has 8 heteroatoms. The van der Waals surface area contributed by atoms with E-state index in [2.05, 4.69) is 20.6 Å². The largest absolute Gasteiger partial charge is 0.416 e. The molecule has 0 fully saturated rings. The second-order valence-corrected chi connectivity index (χ2v) is 6.05. The molecular formula is C16H19F3N4S. The van der Waals surface area contributed by atoms with Gasteiger partial charge in [-0.2, -0.15) is 13.2 Å². The molecule has 0 bridgehead atoms. The van der Waals surface area contributed by atoms with Crippen molar-refractivity contribution in [1.29, 1.82) is 0 Å². The van der Waals surface area contributed by atoms with Gasteiger partial charge in [0.05, 0.1) is 29.9 Å². The normalized spacial score (nSPS) is 12.3. The quantitative estimate of drug-likeness (QED) is 0.634. The van der Waals surface area contributed by atoms with Crippen LogP contribution in [0.4, 0.5) is 13.2 Å². The maximum Gasteiger partial charge on any atom is 0.416 e. The van der Waals surface area contributed by atoms with E-state index in [9.17, 15) is 13.2 Å². The topological polar surface area (TPSA) is 49.3 Å². The summed E-state index contributed by atoms with van der Waals surface area (Å²) in [4.78, 5) is 9.62. The number of hydrogen-bond acceptors (Lipinski definition) is 3. The summed E-state index contributed by atoms with van der Waals surface area (Å²) in [6.07, 6.45) is -4.34. The van der Waals surface area contributed by atoms with Crippen LogP contribution in [-0.4, -0.2) is 17.5 Å². The fraction of sp³-hybridized carbons (Fsp3) is 0.375. The summed E-state index contributed by atoms with van der Waals surface area (Å²) in [6, 6.07) is 5.22. The van der Waals surface area contributed by atoms with E-state index in [4.69, 9.17) is 0 Å². The molecule has 24 heavy (non-hydrogen) atoms. The second-order valence-electron chi connectivity index (χ2n) is 5.11.